The zero-order chi connectivity index (χ0) is 25.4. The number of aliphatic hydroxyl groups is 1. The third kappa shape index (κ3) is 6.63. The summed E-state index contributed by atoms with van der Waals surface area (Å²) in [6, 6.07) is 7.37. The summed E-state index contributed by atoms with van der Waals surface area (Å²) in [7, 11) is 0. The van der Waals surface area contributed by atoms with Crippen LogP contribution in [0.4, 0.5) is 8.78 Å². The lowest BCUT2D eigenvalue weighted by molar-refractivity contribution is -0.114. The van der Waals surface area contributed by atoms with Gasteiger partial charge in [0.05, 0.1) is 17.6 Å². The van der Waals surface area contributed by atoms with Crippen LogP contribution in [0, 0.1) is 29.0 Å². The number of aliphatic imine (C=N–C) groups is 1. The number of nitrogens with one attached hydrogen (secondary N) is 3. The lowest BCUT2D eigenvalue weighted by atomic mass is 9.87. The van der Waals surface area contributed by atoms with E-state index < -0.39 is 11.7 Å². The number of aliphatic hydroxyl groups excluding tert-OH is 1. The topological polar surface area (TPSA) is 127 Å². The molecule has 1 aliphatic rings. The number of hydrogen-bond acceptors (Lipinski definition) is 6. The van der Waals surface area contributed by atoms with Gasteiger partial charge in [-0.15, -0.1) is 0 Å². The largest absolute Gasteiger partial charge is 0.396 e. The third-order valence-corrected chi connectivity index (χ3v) is 5.71. The van der Waals surface area contributed by atoms with Crippen LogP contribution in [0.5, 0.6) is 0 Å². The normalized spacial score (nSPS) is 18.1. The number of carbonyl (C=O) groups excluding carboxylic acids is 1. The van der Waals surface area contributed by atoms with Crippen LogP contribution in [0.3, 0.4) is 0 Å². The van der Waals surface area contributed by atoms with Gasteiger partial charge in [0.2, 0.25) is 0 Å². The van der Waals surface area contributed by atoms with Crippen LogP contribution in [-0.2, 0) is 4.79 Å². The van der Waals surface area contributed by atoms with E-state index >= 15 is 4.39 Å². The number of halogens is 2. The van der Waals surface area contributed by atoms with Gasteiger partial charge in [0, 0.05) is 48.2 Å². The molecule has 0 saturated heterocycles. The van der Waals surface area contributed by atoms with Gasteiger partial charge in [0.1, 0.15) is 11.6 Å². The highest BCUT2D eigenvalue weighted by molar-refractivity contribution is 6.14. The van der Waals surface area contributed by atoms with Crippen LogP contribution in [-0.4, -0.2) is 53.0 Å². The van der Waals surface area contributed by atoms with Crippen molar-refractivity contribution < 1.29 is 18.7 Å². The van der Waals surface area contributed by atoms with E-state index in [4.69, 9.17) is 5.41 Å². The number of aromatic nitrogens is 2. The lowest BCUT2D eigenvalue weighted by Gasteiger charge is -2.20. The van der Waals surface area contributed by atoms with Crippen LogP contribution < -0.4 is 5.43 Å². The van der Waals surface area contributed by atoms with Crippen molar-refractivity contribution in [3.8, 4) is 11.3 Å². The number of rotatable bonds is 10. The van der Waals surface area contributed by atoms with E-state index in [0.717, 1.165) is 6.21 Å². The molecule has 1 amide bonds. The zero-order valence-corrected chi connectivity index (χ0v) is 19.5. The van der Waals surface area contributed by atoms with Gasteiger partial charge in [-0.05, 0) is 54.7 Å². The quantitative estimate of drug-likeness (QED) is 0.302. The summed E-state index contributed by atoms with van der Waals surface area (Å²) in [6.45, 7) is 3.79. The maximum Gasteiger partial charge on any atom is 0.273 e. The molecular weight excluding hydrogens is 454 g/mol. The Hall–Kier alpha value is -3.79. The number of allylic oxidation sites excluding steroid dienone is 3. The lowest BCUT2D eigenvalue weighted by Crippen LogP contribution is -2.28. The Morgan fingerprint density at radius 2 is 2.11 bits per heavy atom. The first-order valence-electron chi connectivity index (χ1n) is 11.2. The number of aromatic amines is 1. The minimum atomic E-state index is -0.578. The Bertz CT molecular complexity index is 1170. The number of hydrogen-bond donors (Lipinski definition) is 4. The fraction of sp³-hybridized carbons (Fsp3) is 0.320. The Morgan fingerprint density at radius 1 is 1.37 bits per heavy atom. The summed E-state index contributed by atoms with van der Waals surface area (Å²) < 4.78 is 28.4. The van der Waals surface area contributed by atoms with E-state index in [9.17, 15) is 14.3 Å². The molecule has 1 aromatic carbocycles. The van der Waals surface area contributed by atoms with E-state index in [0.29, 0.717) is 29.9 Å². The van der Waals surface area contributed by atoms with Crippen LogP contribution in [0.2, 0.25) is 0 Å². The number of H-pyrrole nitrogens is 1. The minimum absolute atomic E-state index is 0.103. The second kappa shape index (κ2) is 12.1. The smallest absolute Gasteiger partial charge is 0.273 e. The third-order valence-electron chi connectivity index (χ3n) is 5.71. The van der Waals surface area contributed by atoms with E-state index in [2.05, 4.69) is 25.7 Å². The fourth-order valence-electron chi connectivity index (χ4n) is 3.69. The van der Waals surface area contributed by atoms with Crippen molar-refractivity contribution in [2.24, 2.45) is 27.8 Å². The second-order valence-corrected chi connectivity index (χ2v) is 8.44. The first-order valence-corrected chi connectivity index (χ1v) is 11.2. The summed E-state index contributed by atoms with van der Waals surface area (Å²) in [5, 5.41) is 27.3. The van der Waals surface area contributed by atoms with Gasteiger partial charge >= 0.3 is 0 Å². The molecule has 2 aromatic rings. The van der Waals surface area contributed by atoms with Gasteiger partial charge in [0.25, 0.3) is 5.91 Å². The maximum atomic E-state index is 15.1. The first-order chi connectivity index (χ1) is 16.8. The molecule has 3 rings (SSSR count). The Balaban J connectivity index is 1.90. The summed E-state index contributed by atoms with van der Waals surface area (Å²) in [6.07, 6.45) is 5.48. The van der Waals surface area contributed by atoms with E-state index in [1.54, 1.807) is 25.1 Å². The molecule has 0 aliphatic heterocycles. The van der Waals surface area contributed by atoms with Gasteiger partial charge in [-0.2, -0.15) is 10.2 Å². The molecule has 8 nitrogen and oxygen atoms in total. The number of amides is 1. The van der Waals surface area contributed by atoms with E-state index in [1.165, 1.54) is 30.6 Å². The SMILES string of the molecule is CC1C=C(F)C(c2cc(-c3ccc(F)cc3)n[nH]2)=C(C(=O)N=CC(CNN=CC=N)C(C)CO)C1. The molecule has 3 unspecified atom stereocenters. The van der Waals surface area contributed by atoms with Crippen molar-refractivity contribution in [3.63, 3.8) is 0 Å². The molecule has 3 atom stereocenters. The molecule has 1 aliphatic carbocycles. The van der Waals surface area contributed by atoms with Gasteiger partial charge in [-0.3, -0.25) is 9.89 Å². The van der Waals surface area contributed by atoms with Crippen molar-refractivity contribution in [1.82, 2.24) is 15.6 Å². The molecular formula is C25H28F2N6O2. The molecule has 35 heavy (non-hydrogen) atoms. The van der Waals surface area contributed by atoms with Gasteiger partial charge in [-0.1, -0.05) is 13.8 Å². The zero-order valence-electron chi connectivity index (χ0n) is 19.5. The highest BCUT2D eigenvalue weighted by Crippen LogP contribution is 2.37. The van der Waals surface area contributed by atoms with Crippen LogP contribution in [0.15, 0.2) is 57.9 Å². The maximum absolute atomic E-state index is 15.1. The van der Waals surface area contributed by atoms with Gasteiger partial charge < -0.3 is 15.9 Å². The minimum Gasteiger partial charge on any atom is -0.396 e. The Morgan fingerprint density at radius 3 is 2.80 bits per heavy atom. The highest BCUT2D eigenvalue weighted by Gasteiger charge is 2.27. The molecule has 0 bridgehead atoms. The molecule has 0 saturated carbocycles. The van der Waals surface area contributed by atoms with Gasteiger partial charge in [-0.25, -0.2) is 13.8 Å². The highest BCUT2D eigenvalue weighted by atomic mass is 19.1. The average Bonchev–Trinajstić information content (AvgIpc) is 3.32. The number of benzene rings is 1. The van der Waals surface area contributed by atoms with Crippen molar-refractivity contribution in [2.75, 3.05) is 13.2 Å². The van der Waals surface area contributed by atoms with E-state index in [-0.39, 0.29) is 41.3 Å². The van der Waals surface area contributed by atoms with Crippen LogP contribution in [0.1, 0.15) is 26.0 Å². The molecule has 0 fully saturated rings. The first kappa shape index (κ1) is 25.8. The molecule has 184 valence electrons. The summed E-state index contributed by atoms with van der Waals surface area (Å²) >= 11 is 0. The van der Waals surface area contributed by atoms with Crippen molar-refractivity contribution in [3.05, 3.63) is 59.3 Å². The molecule has 1 heterocycles. The van der Waals surface area contributed by atoms with Gasteiger partial charge in [0.15, 0.2) is 0 Å². The molecule has 1 aromatic heterocycles. The van der Waals surface area contributed by atoms with Crippen molar-refractivity contribution in [2.45, 2.75) is 20.3 Å². The molecule has 0 radical (unpaired) electrons. The van der Waals surface area contributed by atoms with Crippen LogP contribution >= 0.6 is 0 Å². The predicted octanol–water partition coefficient (Wildman–Crippen LogP) is 3.93. The molecule has 4 N–H and O–H groups in total. The number of carbonyl (C=O) groups is 1. The van der Waals surface area contributed by atoms with Crippen LogP contribution in [0.25, 0.3) is 16.8 Å². The summed E-state index contributed by atoms with van der Waals surface area (Å²) in [5.41, 5.74) is 4.54. The Labute approximate surface area is 202 Å². The Kier molecular flexibility index (Phi) is 8.91. The van der Waals surface area contributed by atoms with Crippen molar-refractivity contribution >= 4 is 30.1 Å². The average molecular weight is 483 g/mol. The van der Waals surface area contributed by atoms with E-state index in [1.807, 2.05) is 6.92 Å². The molecule has 10 heteroatoms. The summed E-state index contributed by atoms with van der Waals surface area (Å²) in [4.78, 5) is 17.2. The monoisotopic (exact) mass is 482 g/mol. The second-order valence-electron chi connectivity index (χ2n) is 8.44. The number of nitrogens with zero attached hydrogens (tertiary/aromatic N) is 3. The fourth-order valence-corrected chi connectivity index (χ4v) is 3.69. The standard InChI is InChI=1S/C25H28F2N6O2/c1-15-9-20(25(35)29-12-18(16(2)14-34)13-31-30-8-7-28)24(21(27)10-15)23-11-22(32-33-23)17-3-5-19(26)6-4-17/h3-8,10-12,15-16,18,28,31,34H,9,13-14H2,1-2H3,(H,32,33). The molecule has 0 spiro atoms. The van der Waals surface area contributed by atoms with Crippen molar-refractivity contribution in [1.29, 1.82) is 5.41 Å². The number of hydrazone groups is 1. The predicted molar refractivity (Wildman–Crippen MR) is 132 cm³/mol. The summed E-state index contributed by atoms with van der Waals surface area (Å²) in [5.74, 6) is -2.23.